The van der Waals surface area contributed by atoms with Crippen molar-refractivity contribution in [2.24, 2.45) is 5.92 Å². The first kappa shape index (κ1) is 22.5. The number of aromatic nitrogens is 1. The van der Waals surface area contributed by atoms with Crippen LogP contribution in [0.3, 0.4) is 0 Å². The Bertz CT molecular complexity index is 1230. The van der Waals surface area contributed by atoms with Crippen molar-refractivity contribution in [2.45, 2.75) is 25.7 Å². The molecule has 0 spiro atoms. The Morgan fingerprint density at radius 1 is 0.971 bits per heavy atom. The van der Waals surface area contributed by atoms with Gasteiger partial charge in [0.2, 0.25) is 5.91 Å². The lowest BCUT2D eigenvalue weighted by molar-refractivity contribution is -0.119. The van der Waals surface area contributed by atoms with Gasteiger partial charge in [0, 0.05) is 43.2 Å². The standard InChI is InChI=1S/C26H27ClN4O3/c27-21-7-3-4-8-23(21)30-11-13-31(14-12-30)24-16-20(26(33)34)19-15-18(9-10-22(19)29-24)28-25(32)17-5-1-2-6-17/h3-4,7-10,15-17H,1-2,5-6,11-14H2,(H,28,32)(H,33,34). The van der Waals surface area contributed by atoms with Gasteiger partial charge >= 0.3 is 5.97 Å². The first-order chi connectivity index (χ1) is 16.5. The number of aromatic carboxylic acids is 1. The molecular weight excluding hydrogens is 452 g/mol. The van der Waals surface area contributed by atoms with Gasteiger partial charge in [0.15, 0.2) is 0 Å². The lowest BCUT2D eigenvalue weighted by Crippen LogP contribution is -2.47. The van der Waals surface area contributed by atoms with Crippen LogP contribution >= 0.6 is 11.6 Å². The number of hydrogen-bond donors (Lipinski definition) is 2. The average molecular weight is 479 g/mol. The second-order valence-electron chi connectivity index (χ2n) is 8.96. The highest BCUT2D eigenvalue weighted by Gasteiger charge is 2.24. The lowest BCUT2D eigenvalue weighted by atomic mass is 10.1. The van der Waals surface area contributed by atoms with Crippen LogP contribution in [0.25, 0.3) is 10.9 Å². The normalized spacial score (nSPS) is 16.7. The van der Waals surface area contributed by atoms with Gasteiger partial charge in [-0.15, -0.1) is 0 Å². The summed E-state index contributed by atoms with van der Waals surface area (Å²) in [6, 6.07) is 14.7. The Morgan fingerprint density at radius 2 is 1.68 bits per heavy atom. The zero-order valence-corrected chi connectivity index (χ0v) is 19.6. The van der Waals surface area contributed by atoms with E-state index in [0.29, 0.717) is 35.5 Å². The third-order valence-corrected chi connectivity index (χ3v) is 7.14. The summed E-state index contributed by atoms with van der Waals surface area (Å²) in [6.45, 7) is 2.94. The van der Waals surface area contributed by atoms with E-state index in [-0.39, 0.29) is 17.4 Å². The fraction of sp³-hybridized carbons (Fsp3) is 0.346. The van der Waals surface area contributed by atoms with E-state index in [2.05, 4.69) is 15.1 Å². The number of carboxylic acids is 1. The van der Waals surface area contributed by atoms with E-state index in [0.717, 1.165) is 49.5 Å². The summed E-state index contributed by atoms with van der Waals surface area (Å²) in [6.07, 6.45) is 3.99. The van der Waals surface area contributed by atoms with E-state index in [9.17, 15) is 14.7 Å². The molecule has 2 aliphatic rings. The number of nitrogens with one attached hydrogen (secondary N) is 1. The van der Waals surface area contributed by atoms with E-state index in [1.165, 1.54) is 0 Å². The maximum Gasteiger partial charge on any atom is 0.336 e. The number of anilines is 3. The Labute approximate surface area is 203 Å². The van der Waals surface area contributed by atoms with Crippen molar-refractivity contribution in [3.8, 4) is 0 Å². The predicted molar refractivity (Wildman–Crippen MR) is 135 cm³/mol. The van der Waals surface area contributed by atoms with Gasteiger partial charge in [-0.2, -0.15) is 0 Å². The molecule has 2 heterocycles. The number of carbonyl (C=O) groups is 2. The molecule has 1 amide bonds. The third kappa shape index (κ3) is 4.53. The minimum Gasteiger partial charge on any atom is -0.478 e. The van der Waals surface area contributed by atoms with Crippen LogP contribution in [0.15, 0.2) is 48.5 Å². The van der Waals surface area contributed by atoms with E-state index >= 15 is 0 Å². The summed E-state index contributed by atoms with van der Waals surface area (Å²) in [5.74, 6) is -0.316. The predicted octanol–water partition coefficient (Wildman–Crippen LogP) is 5.04. The first-order valence-electron chi connectivity index (χ1n) is 11.7. The van der Waals surface area contributed by atoms with Crippen LogP contribution in [-0.4, -0.2) is 48.1 Å². The molecule has 2 aromatic carbocycles. The second kappa shape index (κ2) is 9.50. The van der Waals surface area contributed by atoms with E-state index in [1.807, 2.05) is 24.3 Å². The van der Waals surface area contributed by atoms with Crippen molar-refractivity contribution in [2.75, 3.05) is 41.3 Å². The van der Waals surface area contributed by atoms with Crippen molar-refractivity contribution < 1.29 is 14.7 Å². The highest BCUT2D eigenvalue weighted by Crippen LogP contribution is 2.30. The molecule has 176 valence electrons. The first-order valence-corrected chi connectivity index (χ1v) is 12.1. The summed E-state index contributed by atoms with van der Waals surface area (Å²) in [7, 11) is 0. The largest absolute Gasteiger partial charge is 0.478 e. The highest BCUT2D eigenvalue weighted by molar-refractivity contribution is 6.33. The maximum atomic E-state index is 12.5. The zero-order chi connectivity index (χ0) is 23.7. The van der Waals surface area contributed by atoms with Gasteiger partial charge in [-0.3, -0.25) is 4.79 Å². The van der Waals surface area contributed by atoms with Crippen LogP contribution in [0.5, 0.6) is 0 Å². The fourth-order valence-corrected chi connectivity index (χ4v) is 5.20. The molecule has 0 bridgehead atoms. The van der Waals surface area contributed by atoms with Crippen molar-refractivity contribution in [1.29, 1.82) is 0 Å². The van der Waals surface area contributed by atoms with Gasteiger partial charge < -0.3 is 20.2 Å². The number of amides is 1. The third-order valence-electron chi connectivity index (χ3n) is 6.82. The van der Waals surface area contributed by atoms with Crippen molar-refractivity contribution in [3.63, 3.8) is 0 Å². The second-order valence-corrected chi connectivity index (χ2v) is 9.37. The van der Waals surface area contributed by atoms with Gasteiger partial charge in [-0.05, 0) is 49.2 Å². The smallest absolute Gasteiger partial charge is 0.336 e. The molecule has 2 N–H and O–H groups in total. The summed E-state index contributed by atoms with van der Waals surface area (Å²) < 4.78 is 0. The summed E-state index contributed by atoms with van der Waals surface area (Å²) in [4.78, 5) is 33.7. The molecule has 34 heavy (non-hydrogen) atoms. The quantitative estimate of drug-likeness (QED) is 0.534. The summed E-state index contributed by atoms with van der Waals surface area (Å²) >= 11 is 6.35. The topological polar surface area (TPSA) is 85.8 Å². The number of pyridine rings is 1. The van der Waals surface area contributed by atoms with Gasteiger partial charge in [-0.25, -0.2) is 9.78 Å². The number of benzene rings is 2. The van der Waals surface area contributed by atoms with Crippen LogP contribution in [-0.2, 0) is 4.79 Å². The molecule has 0 radical (unpaired) electrons. The van der Waals surface area contributed by atoms with Crippen LogP contribution in [0.1, 0.15) is 36.0 Å². The molecule has 3 aromatic rings. The van der Waals surface area contributed by atoms with Crippen LogP contribution in [0, 0.1) is 5.92 Å². The molecule has 0 unspecified atom stereocenters. The molecule has 1 aliphatic carbocycles. The zero-order valence-electron chi connectivity index (χ0n) is 18.8. The molecule has 1 saturated heterocycles. The number of carbonyl (C=O) groups excluding carboxylic acids is 1. The van der Waals surface area contributed by atoms with Crippen molar-refractivity contribution >= 4 is 51.6 Å². The fourth-order valence-electron chi connectivity index (χ4n) is 4.95. The molecule has 5 rings (SSSR count). The van der Waals surface area contributed by atoms with E-state index < -0.39 is 5.97 Å². The van der Waals surface area contributed by atoms with E-state index in [4.69, 9.17) is 16.6 Å². The maximum absolute atomic E-state index is 12.5. The number of piperazine rings is 1. The molecule has 2 fully saturated rings. The van der Waals surface area contributed by atoms with Crippen molar-refractivity contribution in [1.82, 2.24) is 4.98 Å². The molecule has 8 heteroatoms. The Hall–Kier alpha value is -3.32. The molecule has 7 nitrogen and oxygen atoms in total. The average Bonchev–Trinajstić information content (AvgIpc) is 3.39. The molecular formula is C26H27ClN4O3. The minimum absolute atomic E-state index is 0.00898. The van der Waals surface area contributed by atoms with Gasteiger partial charge in [0.1, 0.15) is 5.82 Å². The number of para-hydroxylation sites is 1. The van der Waals surface area contributed by atoms with Crippen LogP contribution < -0.4 is 15.1 Å². The summed E-state index contributed by atoms with van der Waals surface area (Å²) in [5.41, 5.74) is 2.40. The number of fused-ring (bicyclic) bond motifs is 1. The van der Waals surface area contributed by atoms with Crippen LogP contribution in [0.2, 0.25) is 5.02 Å². The number of carboxylic acid groups (broad SMARTS) is 1. The van der Waals surface area contributed by atoms with Crippen LogP contribution in [0.4, 0.5) is 17.2 Å². The SMILES string of the molecule is O=C(O)c1cc(N2CCN(c3ccccc3Cl)CC2)nc2ccc(NC(=O)C3CCCC3)cc12. The van der Waals surface area contributed by atoms with E-state index in [1.54, 1.807) is 24.3 Å². The highest BCUT2D eigenvalue weighted by atomic mass is 35.5. The molecule has 0 atom stereocenters. The van der Waals surface area contributed by atoms with Gasteiger partial charge in [0.25, 0.3) is 0 Å². The molecule has 1 aliphatic heterocycles. The molecule has 1 saturated carbocycles. The van der Waals surface area contributed by atoms with Gasteiger partial charge in [-0.1, -0.05) is 36.6 Å². The number of halogens is 1. The minimum atomic E-state index is -1.01. The summed E-state index contributed by atoms with van der Waals surface area (Å²) in [5, 5.41) is 14.1. The molecule has 1 aromatic heterocycles. The number of rotatable bonds is 5. The van der Waals surface area contributed by atoms with Gasteiger partial charge in [0.05, 0.1) is 21.8 Å². The Morgan fingerprint density at radius 3 is 2.38 bits per heavy atom. The number of nitrogens with zero attached hydrogens (tertiary/aromatic N) is 3. The Balaban J connectivity index is 1.37. The lowest BCUT2D eigenvalue weighted by Gasteiger charge is -2.37. The van der Waals surface area contributed by atoms with Crippen molar-refractivity contribution in [3.05, 3.63) is 59.1 Å². The Kier molecular flexibility index (Phi) is 6.28. The monoisotopic (exact) mass is 478 g/mol. The number of hydrogen-bond acceptors (Lipinski definition) is 5.